The third-order valence-electron chi connectivity index (χ3n) is 5.95. The summed E-state index contributed by atoms with van der Waals surface area (Å²) in [4.78, 5) is 24.5. The van der Waals surface area contributed by atoms with Crippen molar-refractivity contribution in [2.45, 2.75) is 69.7 Å². The molecule has 0 aromatic heterocycles. The monoisotopic (exact) mass is 371 g/mol. The van der Waals surface area contributed by atoms with Gasteiger partial charge >= 0.3 is 0 Å². The van der Waals surface area contributed by atoms with Gasteiger partial charge in [-0.3, -0.25) is 9.59 Å². The van der Waals surface area contributed by atoms with Crippen LogP contribution in [0.3, 0.4) is 0 Å². The quantitative estimate of drug-likeness (QED) is 0.717. The molecule has 0 aliphatic carbocycles. The Kier molecular flexibility index (Phi) is 5.74. The molecule has 27 heavy (non-hydrogen) atoms. The highest BCUT2D eigenvalue weighted by Crippen LogP contribution is 2.32. The average Bonchev–Trinajstić information content (AvgIpc) is 3.30. The van der Waals surface area contributed by atoms with Gasteiger partial charge in [0.1, 0.15) is 6.10 Å². The Labute approximate surface area is 160 Å². The van der Waals surface area contributed by atoms with Crippen molar-refractivity contribution in [3.05, 3.63) is 29.8 Å². The lowest BCUT2D eigenvalue weighted by Crippen LogP contribution is -2.39. The number of anilines is 1. The molecule has 3 N–H and O–H groups in total. The normalized spacial score (nSPS) is 29.5. The van der Waals surface area contributed by atoms with Gasteiger partial charge in [-0.1, -0.05) is 12.1 Å². The van der Waals surface area contributed by atoms with E-state index in [1.807, 2.05) is 24.3 Å². The topological polar surface area (TPSA) is 79.5 Å². The summed E-state index contributed by atoms with van der Waals surface area (Å²) in [6, 6.07) is 8.88. The van der Waals surface area contributed by atoms with Crippen molar-refractivity contribution in [2.24, 2.45) is 5.92 Å². The first-order valence-corrected chi connectivity index (χ1v) is 10.2. The van der Waals surface area contributed by atoms with E-state index in [1.54, 1.807) is 0 Å². The summed E-state index contributed by atoms with van der Waals surface area (Å²) >= 11 is 0. The van der Waals surface area contributed by atoms with Crippen LogP contribution in [0.15, 0.2) is 24.3 Å². The summed E-state index contributed by atoms with van der Waals surface area (Å²) in [7, 11) is 0. The van der Waals surface area contributed by atoms with Crippen molar-refractivity contribution in [3.63, 3.8) is 0 Å². The summed E-state index contributed by atoms with van der Waals surface area (Å²) in [6.45, 7) is 1.14. The molecule has 0 spiro atoms. The first kappa shape index (κ1) is 18.4. The van der Waals surface area contributed by atoms with Crippen LogP contribution in [0.25, 0.3) is 0 Å². The van der Waals surface area contributed by atoms with Crippen LogP contribution in [-0.4, -0.2) is 36.6 Å². The third-order valence-corrected chi connectivity index (χ3v) is 5.95. The van der Waals surface area contributed by atoms with Gasteiger partial charge < -0.3 is 20.7 Å². The summed E-state index contributed by atoms with van der Waals surface area (Å²) in [5.41, 5.74) is 1.73. The Morgan fingerprint density at radius 3 is 2.70 bits per heavy atom. The average molecular weight is 371 g/mol. The Hall–Kier alpha value is -1.92. The number of benzene rings is 1. The molecule has 3 heterocycles. The SMILES string of the molecule is O=C(CC1CC2CCC(C1)N2)NCc1cccc(NC(=O)C2CCCO2)c1. The third kappa shape index (κ3) is 4.87. The zero-order valence-corrected chi connectivity index (χ0v) is 15.7. The highest BCUT2D eigenvalue weighted by Gasteiger charge is 2.34. The number of fused-ring (bicyclic) bond motifs is 2. The Balaban J connectivity index is 1.24. The fourth-order valence-electron chi connectivity index (χ4n) is 4.64. The van der Waals surface area contributed by atoms with Gasteiger partial charge in [-0.25, -0.2) is 0 Å². The van der Waals surface area contributed by atoms with Gasteiger partial charge in [0.05, 0.1) is 0 Å². The van der Waals surface area contributed by atoms with E-state index in [0.717, 1.165) is 36.9 Å². The van der Waals surface area contributed by atoms with Crippen LogP contribution in [0, 0.1) is 5.92 Å². The van der Waals surface area contributed by atoms with E-state index in [1.165, 1.54) is 12.8 Å². The second-order valence-corrected chi connectivity index (χ2v) is 8.15. The van der Waals surface area contributed by atoms with Gasteiger partial charge in [0.25, 0.3) is 5.91 Å². The zero-order valence-electron chi connectivity index (χ0n) is 15.7. The Morgan fingerprint density at radius 2 is 1.96 bits per heavy atom. The van der Waals surface area contributed by atoms with Crippen LogP contribution in [-0.2, 0) is 20.9 Å². The van der Waals surface area contributed by atoms with Crippen LogP contribution >= 0.6 is 0 Å². The largest absolute Gasteiger partial charge is 0.368 e. The van der Waals surface area contributed by atoms with Crippen LogP contribution in [0.4, 0.5) is 5.69 Å². The predicted octanol–water partition coefficient (Wildman–Crippen LogP) is 2.34. The van der Waals surface area contributed by atoms with E-state index >= 15 is 0 Å². The van der Waals surface area contributed by atoms with Crippen molar-refractivity contribution >= 4 is 17.5 Å². The first-order valence-electron chi connectivity index (χ1n) is 10.2. The first-order chi connectivity index (χ1) is 13.2. The molecule has 0 saturated carbocycles. The Bertz CT molecular complexity index is 675. The maximum atomic E-state index is 12.3. The summed E-state index contributed by atoms with van der Waals surface area (Å²) in [5, 5.41) is 9.56. The standard InChI is InChI=1S/C21H29N3O3/c25-20(12-15-10-17-6-7-18(11-15)23-17)22-13-14-3-1-4-16(9-14)24-21(26)19-5-2-8-27-19/h1,3-4,9,15,17-19,23H,2,5-8,10-13H2,(H,22,25)(H,24,26). The molecule has 146 valence electrons. The minimum Gasteiger partial charge on any atom is -0.368 e. The molecule has 3 fully saturated rings. The predicted molar refractivity (Wildman–Crippen MR) is 103 cm³/mol. The van der Waals surface area contributed by atoms with E-state index < -0.39 is 0 Å². The molecule has 1 aromatic rings. The highest BCUT2D eigenvalue weighted by atomic mass is 16.5. The second kappa shape index (κ2) is 8.40. The van der Waals surface area contributed by atoms with Crippen molar-refractivity contribution in [3.8, 4) is 0 Å². The Morgan fingerprint density at radius 1 is 1.15 bits per heavy atom. The number of ether oxygens (including phenoxy) is 1. The number of nitrogens with one attached hydrogen (secondary N) is 3. The number of amides is 2. The van der Waals surface area contributed by atoms with Gasteiger partial charge in [-0.05, 0) is 62.1 Å². The molecule has 3 unspecified atom stereocenters. The molecule has 3 aliphatic rings. The number of piperidine rings is 1. The number of rotatable bonds is 6. The van der Waals surface area contributed by atoms with Crippen LogP contribution in [0.1, 0.15) is 50.5 Å². The van der Waals surface area contributed by atoms with Gasteiger partial charge in [-0.2, -0.15) is 0 Å². The van der Waals surface area contributed by atoms with E-state index in [0.29, 0.717) is 37.6 Å². The second-order valence-electron chi connectivity index (χ2n) is 8.15. The van der Waals surface area contributed by atoms with Crippen molar-refractivity contribution in [2.75, 3.05) is 11.9 Å². The summed E-state index contributed by atoms with van der Waals surface area (Å²) in [6.07, 6.45) is 6.74. The lowest BCUT2D eigenvalue weighted by molar-refractivity contribution is -0.124. The number of hydrogen-bond acceptors (Lipinski definition) is 4. The maximum absolute atomic E-state index is 12.3. The van der Waals surface area contributed by atoms with Crippen LogP contribution in [0.5, 0.6) is 0 Å². The summed E-state index contributed by atoms with van der Waals surface area (Å²) in [5.74, 6) is 0.533. The highest BCUT2D eigenvalue weighted by molar-refractivity contribution is 5.94. The molecule has 4 rings (SSSR count). The maximum Gasteiger partial charge on any atom is 0.253 e. The number of carbonyl (C=O) groups excluding carboxylic acids is 2. The molecule has 6 nitrogen and oxygen atoms in total. The molecular weight excluding hydrogens is 342 g/mol. The molecule has 3 aliphatic heterocycles. The minimum atomic E-state index is -0.339. The van der Waals surface area contributed by atoms with Crippen LogP contribution < -0.4 is 16.0 Å². The van der Waals surface area contributed by atoms with E-state index in [4.69, 9.17) is 4.74 Å². The smallest absolute Gasteiger partial charge is 0.253 e. The lowest BCUT2D eigenvalue weighted by atomic mass is 9.89. The zero-order chi connectivity index (χ0) is 18.6. The van der Waals surface area contributed by atoms with Gasteiger partial charge in [0.2, 0.25) is 5.91 Å². The number of hydrogen-bond donors (Lipinski definition) is 3. The lowest BCUT2D eigenvalue weighted by Gasteiger charge is -2.28. The summed E-state index contributed by atoms with van der Waals surface area (Å²) < 4.78 is 5.41. The van der Waals surface area contributed by atoms with Crippen molar-refractivity contribution in [1.29, 1.82) is 0 Å². The molecule has 0 radical (unpaired) electrons. The van der Waals surface area contributed by atoms with Gasteiger partial charge in [0.15, 0.2) is 0 Å². The van der Waals surface area contributed by atoms with E-state index in [-0.39, 0.29) is 17.9 Å². The molecule has 2 amide bonds. The van der Waals surface area contributed by atoms with E-state index in [2.05, 4.69) is 16.0 Å². The van der Waals surface area contributed by atoms with Gasteiger partial charge in [0, 0.05) is 37.3 Å². The van der Waals surface area contributed by atoms with Crippen molar-refractivity contribution in [1.82, 2.24) is 10.6 Å². The number of carbonyl (C=O) groups is 2. The van der Waals surface area contributed by atoms with Crippen molar-refractivity contribution < 1.29 is 14.3 Å². The van der Waals surface area contributed by atoms with Gasteiger partial charge in [-0.15, -0.1) is 0 Å². The fourth-order valence-corrected chi connectivity index (χ4v) is 4.64. The molecule has 3 saturated heterocycles. The van der Waals surface area contributed by atoms with Crippen LogP contribution in [0.2, 0.25) is 0 Å². The van der Waals surface area contributed by atoms with E-state index in [9.17, 15) is 9.59 Å². The molecular formula is C21H29N3O3. The molecule has 2 bridgehead atoms. The molecule has 3 atom stereocenters. The fraction of sp³-hybridized carbons (Fsp3) is 0.619. The minimum absolute atomic E-state index is 0.0887. The molecule has 1 aromatic carbocycles. The molecule has 6 heteroatoms.